The lowest BCUT2D eigenvalue weighted by molar-refractivity contribution is -0.137. The topological polar surface area (TPSA) is 67.1 Å². The molecule has 3 rings (SSSR count). The van der Waals surface area contributed by atoms with Crippen LogP contribution in [0.2, 0.25) is 0 Å². The third-order valence-electron chi connectivity index (χ3n) is 4.63. The summed E-state index contributed by atoms with van der Waals surface area (Å²) in [5.41, 5.74) is -0.713. The van der Waals surface area contributed by atoms with E-state index in [1.165, 1.54) is 12.3 Å². The number of hydrogen-bond donors (Lipinski definition) is 1. The second kappa shape index (κ2) is 7.61. The normalized spacial score (nSPS) is 19.6. The fourth-order valence-electron chi connectivity index (χ4n) is 3.13. The number of hydrogen-bond acceptors (Lipinski definition) is 6. The van der Waals surface area contributed by atoms with Crippen LogP contribution in [0.15, 0.2) is 22.9 Å². The van der Waals surface area contributed by atoms with Gasteiger partial charge in [0.15, 0.2) is 5.82 Å². The van der Waals surface area contributed by atoms with Crippen molar-refractivity contribution in [3.63, 3.8) is 0 Å². The first-order valence-electron chi connectivity index (χ1n) is 8.65. The summed E-state index contributed by atoms with van der Waals surface area (Å²) in [5, 5.41) is 7.10. The monoisotopic (exact) mass is 369 g/mol. The number of anilines is 1. The zero-order valence-corrected chi connectivity index (χ0v) is 14.8. The molecule has 26 heavy (non-hydrogen) atoms. The van der Waals surface area contributed by atoms with Crippen LogP contribution in [0.3, 0.4) is 0 Å². The summed E-state index contributed by atoms with van der Waals surface area (Å²) in [4.78, 5) is 10.1. The second-order valence-electron chi connectivity index (χ2n) is 6.60. The van der Waals surface area contributed by atoms with Gasteiger partial charge in [-0.05, 0) is 38.9 Å². The fourth-order valence-corrected chi connectivity index (χ4v) is 3.13. The van der Waals surface area contributed by atoms with Crippen molar-refractivity contribution in [2.24, 2.45) is 0 Å². The molecule has 0 amide bonds. The summed E-state index contributed by atoms with van der Waals surface area (Å²) in [6, 6.07) is 2.59. The molecule has 0 saturated carbocycles. The molecule has 2 aromatic rings. The lowest BCUT2D eigenvalue weighted by atomic mass is 9.97. The van der Waals surface area contributed by atoms with Gasteiger partial charge in [0, 0.05) is 31.7 Å². The third-order valence-corrected chi connectivity index (χ3v) is 4.63. The number of piperidine rings is 1. The first-order valence-corrected chi connectivity index (χ1v) is 8.65. The van der Waals surface area contributed by atoms with Gasteiger partial charge in [-0.3, -0.25) is 0 Å². The van der Waals surface area contributed by atoms with Gasteiger partial charge in [0.05, 0.1) is 11.5 Å². The highest BCUT2D eigenvalue weighted by molar-refractivity contribution is 5.49. The number of likely N-dealkylation sites (N-methyl/N-ethyl adjacent to an activating group) is 1. The predicted molar refractivity (Wildman–Crippen MR) is 90.0 cm³/mol. The highest BCUT2D eigenvalue weighted by atomic mass is 19.4. The Balaban J connectivity index is 1.77. The Morgan fingerprint density at radius 2 is 2.23 bits per heavy atom. The molecule has 0 spiro atoms. The minimum absolute atomic E-state index is 0.0340. The quantitative estimate of drug-likeness (QED) is 0.874. The van der Waals surface area contributed by atoms with E-state index in [-0.39, 0.29) is 17.8 Å². The van der Waals surface area contributed by atoms with Gasteiger partial charge < -0.3 is 14.7 Å². The van der Waals surface area contributed by atoms with Crippen LogP contribution >= 0.6 is 0 Å². The SMILES string of the molecule is CNC(C)Cc1noc(C2CCCN(c3ncccc3C(F)(F)F)C2)n1. The van der Waals surface area contributed by atoms with Crippen LogP contribution in [0, 0.1) is 0 Å². The van der Waals surface area contributed by atoms with Gasteiger partial charge in [-0.15, -0.1) is 0 Å². The molecule has 1 fully saturated rings. The average molecular weight is 369 g/mol. The zero-order valence-electron chi connectivity index (χ0n) is 14.8. The molecule has 6 nitrogen and oxygen atoms in total. The van der Waals surface area contributed by atoms with E-state index < -0.39 is 11.7 Å². The van der Waals surface area contributed by atoms with E-state index in [1.807, 2.05) is 14.0 Å². The molecular weight excluding hydrogens is 347 g/mol. The lowest BCUT2D eigenvalue weighted by Crippen LogP contribution is -2.36. The lowest BCUT2D eigenvalue weighted by Gasteiger charge is -2.33. The minimum atomic E-state index is -4.43. The molecule has 0 radical (unpaired) electrons. The molecule has 2 unspecified atom stereocenters. The molecule has 3 heterocycles. The Morgan fingerprint density at radius 3 is 2.96 bits per heavy atom. The second-order valence-corrected chi connectivity index (χ2v) is 6.60. The van der Waals surface area contributed by atoms with Crippen LogP contribution in [0.1, 0.15) is 43.0 Å². The van der Waals surface area contributed by atoms with E-state index in [0.29, 0.717) is 31.2 Å². The Labute approximate surface area is 149 Å². The molecule has 0 aliphatic carbocycles. The van der Waals surface area contributed by atoms with E-state index in [0.717, 1.165) is 18.9 Å². The Kier molecular flexibility index (Phi) is 5.45. The van der Waals surface area contributed by atoms with Crippen LogP contribution in [0.5, 0.6) is 0 Å². The maximum atomic E-state index is 13.3. The minimum Gasteiger partial charge on any atom is -0.355 e. The van der Waals surface area contributed by atoms with E-state index in [2.05, 4.69) is 20.4 Å². The number of nitrogens with zero attached hydrogens (tertiary/aromatic N) is 4. The zero-order chi connectivity index (χ0) is 18.7. The van der Waals surface area contributed by atoms with Crippen molar-refractivity contribution in [3.8, 4) is 0 Å². The van der Waals surface area contributed by atoms with Crippen molar-refractivity contribution in [1.29, 1.82) is 0 Å². The van der Waals surface area contributed by atoms with Gasteiger partial charge in [-0.1, -0.05) is 5.16 Å². The number of alkyl halides is 3. The first-order chi connectivity index (χ1) is 12.4. The molecule has 9 heteroatoms. The van der Waals surface area contributed by atoms with Crippen molar-refractivity contribution < 1.29 is 17.7 Å². The average Bonchev–Trinajstić information content (AvgIpc) is 3.09. The van der Waals surface area contributed by atoms with Crippen LogP contribution in [0.4, 0.5) is 19.0 Å². The van der Waals surface area contributed by atoms with E-state index in [9.17, 15) is 13.2 Å². The standard InChI is InChI=1S/C17H22F3N5O/c1-11(21-2)9-14-23-16(26-24-14)12-5-4-8-25(10-12)15-13(17(18,19)20)6-3-7-22-15/h3,6-7,11-12,21H,4-5,8-10H2,1-2H3. The van der Waals surface area contributed by atoms with E-state index in [1.54, 1.807) is 4.90 Å². The molecule has 1 N–H and O–H groups in total. The van der Waals surface area contributed by atoms with Crippen molar-refractivity contribution in [2.75, 3.05) is 25.0 Å². The summed E-state index contributed by atoms with van der Waals surface area (Å²) in [6.45, 7) is 2.91. The molecule has 0 aromatic carbocycles. The number of nitrogens with one attached hydrogen (secondary N) is 1. The van der Waals surface area contributed by atoms with Crippen molar-refractivity contribution in [2.45, 2.75) is 44.3 Å². The van der Waals surface area contributed by atoms with E-state index >= 15 is 0 Å². The highest BCUT2D eigenvalue weighted by Crippen LogP contribution is 2.37. The number of aromatic nitrogens is 3. The third kappa shape index (κ3) is 4.14. The van der Waals surface area contributed by atoms with Crippen LogP contribution in [-0.2, 0) is 12.6 Å². The van der Waals surface area contributed by atoms with E-state index in [4.69, 9.17) is 4.52 Å². The van der Waals surface area contributed by atoms with Gasteiger partial charge in [0.1, 0.15) is 5.82 Å². The predicted octanol–water partition coefficient (Wildman–Crippen LogP) is 3.02. The Hall–Kier alpha value is -2.16. The van der Waals surface area contributed by atoms with Crippen LogP contribution in [-0.4, -0.2) is 41.3 Å². The smallest absolute Gasteiger partial charge is 0.355 e. The summed E-state index contributed by atoms with van der Waals surface area (Å²) >= 11 is 0. The van der Waals surface area contributed by atoms with Crippen LogP contribution in [0.25, 0.3) is 0 Å². The maximum Gasteiger partial charge on any atom is 0.419 e. The summed E-state index contributed by atoms with van der Waals surface area (Å²) in [6.07, 6.45) is -0.873. The van der Waals surface area contributed by atoms with Gasteiger partial charge in [-0.2, -0.15) is 18.2 Å². The molecule has 2 aromatic heterocycles. The largest absolute Gasteiger partial charge is 0.419 e. The molecule has 1 saturated heterocycles. The fraction of sp³-hybridized carbons (Fsp3) is 0.588. The maximum absolute atomic E-state index is 13.3. The summed E-state index contributed by atoms with van der Waals surface area (Å²) in [5.74, 6) is 0.955. The number of halogens is 3. The van der Waals surface area contributed by atoms with Gasteiger partial charge in [0.25, 0.3) is 0 Å². The van der Waals surface area contributed by atoms with Crippen molar-refractivity contribution in [3.05, 3.63) is 35.6 Å². The van der Waals surface area contributed by atoms with Crippen molar-refractivity contribution in [1.82, 2.24) is 20.4 Å². The van der Waals surface area contributed by atoms with Crippen molar-refractivity contribution >= 4 is 5.82 Å². The highest BCUT2D eigenvalue weighted by Gasteiger charge is 2.37. The van der Waals surface area contributed by atoms with Crippen LogP contribution < -0.4 is 10.2 Å². The first kappa shape index (κ1) is 18.6. The summed E-state index contributed by atoms with van der Waals surface area (Å²) in [7, 11) is 1.86. The number of pyridine rings is 1. The molecule has 2 atom stereocenters. The summed E-state index contributed by atoms with van der Waals surface area (Å²) < 4.78 is 45.2. The Bertz CT molecular complexity index is 733. The van der Waals surface area contributed by atoms with Gasteiger partial charge >= 0.3 is 6.18 Å². The number of rotatable bonds is 5. The molecular formula is C17H22F3N5O. The Morgan fingerprint density at radius 1 is 1.42 bits per heavy atom. The molecule has 142 valence electrons. The van der Waals surface area contributed by atoms with Gasteiger partial charge in [-0.25, -0.2) is 4.98 Å². The molecule has 0 bridgehead atoms. The molecule has 1 aliphatic rings. The molecule has 1 aliphatic heterocycles. The van der Waals surface area contributed by atoms with Gasteiger partial charge in [0.2, 0.25) is 5.89 Å².